The number of morpholine rings is 1. The Labute approximate surface area is 141 Å². The van der Waals surface area contributed by atoms with Crippen LogP contribution in [0.1, 0.15) is 18.4 Å². The van der Waals surface area contributed by atoms with Crippen LogP contribution in [0.3, 0.4) is 0 Å². The van der Waals surface area contributed by atoms with E-state index in [4.69, 9.17) is 4.74 Å². The van der Waals surface area contributed by atoms with E-state index in [0.717, 1.165) is 45.6 Å². The number of thiophene rings is 1. The molecular formula is C18H23N3OS. The lowest BCUT2D eigenvalue weighted by atomic mass is 10.0. The Kier molecular flexibility index (Phi) is 4.60. The summed E-state index contributed by atoms with van der Waals surface area (Å²) in [5.41, 5.74) is 2.67. The number of ether oxygens (including phenoxy) is 1. The first-order valence-electron chi connectivity index (χ1n) is 8.42. The number of hydrogen-bond donors (Lipinski definition) is 0. The zero-order valence-corrected chi connectivity index (χ0v) is 14.1. The molecule has 2 aliphatic rings. The standard InChI is InChI=1S/C18H23N3OS/c1-2-16(12-19-6-1)21-9-10-22-18-4-8-20(7-3-17(18)21)13-15-5-11-23-14-15/h1-2,5-6,11-12,14,17-18H,3-4,7-10,13H2/t17-,18+/m1/s1. The van der Waals surface area contributed by atoms with Crippen molar-refractivity contribution in [2.45, 2.75) is 31.5 Å². The molecule has 2 saturated heterocycles. The van der Waals surface area contributed by atoms with Crippen molar-refractivity contribution in [3.05, 3.63) is 46.9 Å². The monoisotopic (exact) mass is 329 g/mol. The van der Waals surface area contributed by atoms with Crippen LogP contribution in [0.25, 0.3) is 0 Å². The number of likely N-dealkylation sites (tertiary alicyclic amines) is 1. The third-order valence-corrected chi connectivity index (χ3v) is 5.66. The zero-order valence-electron chi connectivity index (χ0n) is 13.3. The molecule has 0 aliphatic carbocycles. The van der Waals surface area contributed by atoms with Crippen LogP contribution in [0.15, 0.2) is 41.4 Å². The number of hydrogen-bond acceptors (Lipinski definition) is 5. The molecule has 0 bridgehead atoms. The number of pyridine rings is 1. The average Bonchev–Trinajstić information content (AvgIpc) is 3.02. The first-order valence-corrected chi connectivity index (χ1v) is 9.36. The molecule has 0 aromatic carbocycles. The molecule has 4 heterocycles. The van der Waals surface area contributed by atoms with Crippen molar-refractivity contribution >= 4 is 17.0 Å². The van der Waals surface area contributed by atoms with Gasteiger partial charge in [0.1, 0.15) is 0 Å². The van der Waals surface area contributed by atoms with Gasteiger partial charge in [0.2, 0.25) is 0 Å². The van der Waals surface area contributed by atoms with Gasteiger partial charge in [0.25, 0.3) is 0 Å². The van der Waals surface area contributed by atoms with Gasteiger partial charge in [0, 0.05) is 32.4 Å². The van der Waals surface area contributed by atoms with Crippen LogP contribution in [0.5, 0.6) is 0 Å². The molecule has 0 amide bonds. The summed E-state index contributed by atoms with van der Waals surface area (Å²) in [6.07, 6.45) is 6.44. The second-order valence-electron chi connectivity index (χ2n) is 6.37. The van der Waals surface area contributed by atoms with Gasteiger partial charge >= 0.3 is 0 Å². The van der Waals surface area contributed by atoms with Gasteiger partial charge in [-0.2, -0.15) is 11.3 Å². The average molecular weight is 329 g/mol. The van der Waals surface area contributed by atoms with Gasteiger partial charge in [-0.15, -0.1) is 0 Å². The highest BCUT2D eigenvalue weighted by molar-refractivity contribution is 7.07. The van der Waals surface area contributed by atoms with Gasteiger partial charge < -0.3 is 9.64 Å². The molecule has 2 fully saturated rings. The molecule has 0 unspecified atom stereocenters. The van der Waals surface area contributed by atoms with Crippen molar-refractivity contribution in [3.8, 4) is 0 Å². The van der Waals surface area contributed by atoms with Crippen molar-refractivity contribution in [1.29, 1.82) is 0 Å². The van der Waals surface area contributed by atoms with Gasteiger partial charge in [-0.05, 0) is 47.4 Å². The summed E-state index contributed by atoms with van der Waals surface area (Å²) in [7, 11) is 0. The normalized spacial score (nSPS) is 25.8. The Morgan fingerprint density at radius 3 is 3.00 bits per heavy atom. The molecule has 0 spiro atoms. The third kappa shape index (κ3) is 3.42. The Hall–Kier alpha value is -1.43. The van der Waals surface area contributed by atoms with E-state index in [2.05, 4.69) is 37.7 Å². The Morgan fingerprint density at radius 1 is 1.22 bits per heavy atom. The summed E-state index contributed by atoms with van der Waals surface area (Å²) in [5.74, 6) is 0. The summed E-state index contributed by atoms with van der Waals surface area (Å²) in [6.45, 7) is 5.11. The molecule has 122 valence electrons. The molecule has 2 aliphatic heterocycles. The highest BCUT2D eigenvalue weighted by atomic mass is 32.1. The number of anilines is 1. The van der Waals surface area contributed by atoms with Crippen LogP contribution in [0.4, 0.5) is 5.69 Å². The van der Waals surface area contributed by atoms with E-state index < -0.39 is 0 Å². The van der Waals surface area contributed by atoms with Crippen LogP contribution in [-0.4, -0.2) is 48.3 Å². The fourth-order valence-corrected chi connectivity index (χ4v) is 4.44. The number of rotatable bonds is 3. The van der Waals surface area contributed by atoms with E-state index in [0.29, 0.717) is 12.1 Å². The minimum Gasteiger partial charge on any atom is -0.374 e. The van der Waals surface area contributed by atoms with E-state index in [1.807, 2.05) is 18.5 Å². The van der Waals surface area contributed by atoms with Gasteiger partial charge in [0.15, 0.2) is 0 Å². The number of nitrogens with zero attached hydrogens (tertiary/aromatic N) is 3. The van der Waals surface area contributed by atoms with Crippen LogP contribution < -0.4 is 4.90 Å². The van der Waals surface area contributed by atoms with Crippen molar-refractivity contribution < 1.29 is 4.74 Å². The molecular weight excluding hydrogens is 306 g/mol. The van der Waals surface area contributed by atoms with E-state index in [9.17, 15) is 0 Å². The molecule has 4 rings (SSSR count). The maximum Gasteiger partial charge on any atom is 0.0791 e. The third-order valence-electron chi connectivity index (χ3n) is 4.93. The minimum absolute atomic E-state index is 0.344. The second kappa shape index (κ2) is 6.99. The maximum atomic E-state index is 6.11. The predicted molar refractivity (Wildman–Crippen MR) is 93.9 cm³/mol. The lowest BCUT2D eigenvalue weighted by Crippen LogP contribution is -2.51. The smallest absolute Gasteiger partial charge is 0.0791 e. The molecule has 0 radical (unpaired) electrons. The van der Waals surface area contributed by atoms with Crippen molar-refractivity contribution in [2.75, 3.05) is 31.1 Å². The Bertz CT molecular complexity index is 604. The molecule has 23 heavy (non-hydrogen) atoms. The number of fused-ring (bicyclic) bond motifs is 1. The second-order valence-corrected chi connectivity index (χ2v) is 7.15. The summed E-state index contributed by atoms with van der Waals surface area (Å²) in [4.78, 5) is 9.38. The van der Waals surface area contributed by atoms with Crippen molar-refractivity contribution in [2.24, 2.45) is 0 Å². The molecule has 0 N–H and O–H groups in total. The molecule has 0 saturated carbocycles. The lowest BCUT2D eigenvalue weighted by Gasteiger charge is -2.41. The summed E-state index contributed by atoms with van der Waals surface area (Å²) < 4.78 is 6.11. The first-order chi connectivity index (χ1) is 11.4. The van der Waals surface area contributed by atoms with E-state index in [1.54, 1.807) is 11.3 Å². The van der Waals surface area contributed by atoms with E-state index in [1.165, 1.54) is 11.3 Å². The fourth-order valence-electron chi connectivity index (χ4n) is 3.78. The highest BCUT2D eigenvalue weighted by Crippen LogP contribution is 2.28. The van der Waals surface area contributed by atoms with E-state index in [-0.39, 0.29) is 0 Å². The summed E-state index contributed by atoms with van der Waals surface area (Å²) in [6, 6.07) is 6.91. The molecule has 2 aromatic rings. The summed E-state index contributed by atoms with van der Waals surface area (Å²) >= 11 is 1.78. The minimum atomic E-state index is 0.344. The molecule has 5 heteroatoms. The van der Waals surface area contributed by atoms with Crippen LogP contribution in [0, 0.1) is 0 Å². The van der Waals surface area contributed by atoms with Crippen molar-refractivity contribution in [3.63, 3.8) is 0 Å². The van der Waals surface area contributed by atoms with Crippen LogP contribution in [0.2, 0.25) is 0 Å². The Balaban J connectivity index is 1.47. The van der Waals surface area contributed by atoms with Gasteiger partial charge in [-0.1, -0.05) is 0 Å². The van der Waals surface area contributed by atoms with Gasteiger partial charge in [-0.25, -0.2) is 0 Å². The SMILES string of the molecule is c1cncc(N2CCO[C@H]3CCN(Cc4ccsc4)CC[C@H]32)c1. The van der Waals surface area contributed by atoms with Crippen LogP contribution >= 0.6 is 11.3 Å². The Morgan fingerprint density at radius 2 is 2.17 bits per heavy atom. The molecule has 4 nitrogen and oxygen atoms in total. The number of aromatic nitrogens is 1. The fraction of sp³-hybridized carbons (Fsp3) is 0.500. The largest absolute Gasteiger partial charge is 0.374 e. The zero-order chi connectivity index (χ0) is 15.5. The molecule has 2 atom stereocenters. The first kappa shape index (κ1) is 15.1. The summed E-state index contributed by atoms with van der Waals surface area (Å²) in [5, 5.41) is 4.43. The predicted octanol–water partition coefficient (Wildman–Crippen LogP) is 3.01. The van der Waals surface area contributed by atoms with Crippen molar-refractivity contribution in [1.82, 2.24) is 9.88 Å². The van der Waals surface area contributed by atoms with Crippen LogP contribution in [-0.2, 0) is 11.3 Å². The lowest BCUT2D eigenvalue weighted by molar-refractivity contribution is 0.00893. The quantitative estimate of drug-likeness (QED) is 0.865. The highest BCUT2D eigenvalue weighted by Gasteiger charge is 2.34. The topological polar surface area (TPSA) is 28.6 Å². The van der Waals surface area contributed by atoms with Gasteiger partial charge in [0.05, 0.1) is 30.6 Å². The molecule has 2 aromatic heterocycles. The van der Waals surface area contributed by atoms with Gasteiger partial charge in [-0.3, -0.25) is 9.88 Å². The van der Waals surface area contributed by atoms with E-state index >= 15 is 0 Å². The maximum absolute atomic E-state index is 6.11.